The first kappa shape index (κ1) is 16.3. The summed E-state index contributed by atoms with van der Waals surface area (Å²) >= 11 is 0. The van der Waals surface area contributed by atoms with Crippen molar-refractivity contribution in [1.29, 1.82) is 0 Å². The summed E-state index contributed by atoms with van der Waals surface area (Å²) in [5.41, 5.74) is 1.43. The van der Waals surface area contributed by atoms with E-state index >= 15 is 0 Å². The number of anilines is 1. The van der Waals surface area contributed by atoms with Crippen molar-refractivity contribution in [2.24, 2.45) is 0 Å². The summed E-state index contributed by atoms with van der Waals surface area (Å²) < 4.78 is 5.51. The summed E-state index contributed by atoms with van der Waals surface area (Å²) in [5.74, 6) is 0.496. The molecule has 7 heteroatoms. The van der Waals surface area contributed by atoms with Gasteiger partial charge in [-0.1, -0.05) is 6.07 Å². The quantitative estimate of drug-likeness (QED) is 0.862. The summed E-state index contributed by atoms with van der Waals surface area (Å²) in [6.07, 6.45) is -0.249. The van der Waals surface area contributed by atoms with Crippen LogP contribution in [0.4, 0.5) is 5.69 Å². The number of piperazine rings is 1. The second-order valence-corrected chi connectivity index (χ2v) is 6.14. The van der Waals surface area contributed by atoms with Gasteiger partial charge >= 0.3 is 0 Å². The molecule has 1 aromatic rings. The van der Waals surface area contributed by atoms with Crippen LogP contribution in [0.25, 0.3) is 0 Å². The molecule has 128 valence electrons. The van der Waals surface area contributed by atoms with Gasteiger partial charge in [0.15, 0.2) is 6.10 Å². The summed E-state index contributed by atoms with van der Waals surface area (Å²) in [4.78, 5) is 39.0. The van der Waals surface area contributed by atoms with Crippen LogP contribution in [0.5, 0.6) is 5.75 Å². The molecule has 0 radical (unpaired) electrons. The van der Waals surface area contributed by atoms with Crippen molar-refractivity contribution in [2.45, 2.75) is 26.4 Å². The van der Waals surface area contributed by atoms with Gasteiger partial charge in [-0.3, -0.25) is 14.4 Å². The predicted molar refractivity (Wildman–Crippen MR) is 87.7 cm³/mol. The van der Waals surface area contributed by atoms with Crippen LogP contribution < -0.4 is 10.1 Å². The zero-order chi connectivity index (χ0) is 17.3. The van der Waals surface area contributed by atoms with Gasteiger partial charge in [-0.25, -0.2) is 0 Å². The van der Waals surface area contributed by atoms with E-state index < -0.39 is 6.10 Å². The van der Waals surface area contributed by atoms with Gasteiger partial charge < -0.3 is 19.9 Å². The lowest BCUT2D eigenvalue weighted by molar-refractivity contribution is -0.138. The predicted octanol–water partition coefficient (Wildman–Crippen LogP) is 0.639. The topological polar surface area (TPSA) is 79.0 Å². The fourth-order valence-corrected chi connectivity index (χ4v) is 2.92. The van der Waals surface area contributed by atoms with E-state index in [1.165, 1.54) is 0 Å². The molecule has 2 heterocycles. The van der Waals surface area contributed by atoms with E-state index in [0.29, 0.717) is 37.6 Å². The fraction of sp³-hybridized carbons (Fsp3) is 0.471. The molecule has 1 fully saturated rings. The van der Waals surface area contributed by atoms with Gasteiger partial charge in [-0.2, -0.15) is 0 Å². The fourth-order valence-electron chi connectivity index (χ4n) is 2.92. The molecule has 1 unspecified atom stereocenters. The minimum atomic E-state index is -0.512. The summed E-state index contributed by atoms with van der Waals surface area (Å²) in [7, 11) is 0. The number of rotatable bonds is 2. The Morgan fingerprint density at radius 3 is 2.54 bits per heavy atom. The number of nitrogens with zero attached hydrogens (tertiary/aromatic N) is 2. The molecule has 1 N–H and O–H groups in total. The average molecular weight is 331 g/mol. The number of hydrogen-bond donors (Lipinski definition) is 1. The monoisotopic (exact) mass is 331 g/mol. The number of carbonyl (C=O) groups excluding carboxylic acids is 3. The van der Waals surface area contributed by atoms with Crippen molar-refractivity contribution in [3.05, 3.63) is 23.8 Å². The Bertz CT molecular complexity index is 680. The first-order valence-electron chi connectivity index (χ1n) is 8.08. The van der Waals surface area contributed by atoms with Crippen LogP contribution in [-0.4, -0.2) is 59.8 Å². The lowest BCUT2D eigenvalue weighted by atomic mass is 10.1. The number of fused-ring (bicyclic) bond motifs is 1. The standard InChI is InChI=1S/C17H21N3O4/c1-11-17(23)18-14-9-13(3-4-15(14)24-11)10-16(22)20-7-5-19(6-8-20)12(2)21/h3-4,9,11H,5-8,10H2,1-2H3,(H,18,23). The maximum absolute atomic E-state index is 12.4. The summed E-state index contributed by atoms with van der Waals surface area (Å²) in [6, 6.07) is 5.40. The molecule has 0 aliphatic carbocycles. The molecule has 3 rings (SSSR count). The van der Waals surface area contributed by atoms with E-state index in [0.717, 1.165) is 5.56 Å². The maximum atomic E-state index is 12.4. The van der Waals surface area contributed by atoms with Crippen LogP contribution in [0.1, 0.15) is 19.4 Å². The van der Waals surface area contributed by atoms with Crippen LogP contribution in [0.2, 0.25) is 0 Å². The number of hydrogen-bond acceptors (Lipinski definition) is 4. The normalized spacial score (nSPS) is 20.1. The molecule has 24 heavy (non-hydrogen) atoms. The lowest BCUT2D eigenvalue weighted by Gasteiger charge is -2.34. The minimum absolute atomic E-state index is 0.0228. The van der Waals surface area contributed by atoms with Crippen molar-refractivity contribution in [3.63, 3.8) is 0 Å². The van der Waals surface area contributed by atoms with Crippen molar-refractivity contribution >= 4 is 23.4 Å². The highest BCUT2D eigenvalue weighted by atomic mass is 16.5. The number of benzene rings is 1. The van der Waals surface area contributed by atoms with E-state index in [1.54, 1.807) is 35.8 Å². The Hall–Kier alpha value is -2.57. The van der Waals surface area contributed by atoms with Crippen molar-refractivity contribution < 1.29 is 19.1 Å². The Morgan fingerprint density at radius 2 is 1.88 bits per heavy atom. The van der Waals surface area contributed by atoms with Crippen LogP contribution in [0.15, 0.2) is 18.2 Å². The number of nitrogens with one attached hydrogen (secondary N) is 1. The van der Waals surface area contributed by atoms with Gasteiger partial charge in [-0.15, -0.1) is 0 Å². The Labute approximate surface area is 140 Å². The van der Waals surface area contributed by atoms with Gasteiger partial charge in [0.05, 0.1) is 12.1 Å². The molecule has 2 aliphatic heterocycles. The number of ether oxygens (including phenoxy) is 1. The zero-order valence-corrected chi connectivity index (χ0v) is 13.9. The molecule has 0 saturated carbocycles. The van der Waals surface area contributed by atoms with Gasteiger partial charge in [0, 0.05) is 33.1 Å². The molecule has 2 aliphatic rings. The first-order valence-corrected chi connectivity index (χ1v) is 8.08. The third-order valence-corrected chi connectivity index (χ3v) is 4.41. The molecule has 1 saturated heterocycles. The molecule has 0 spiro atoms. The SMILES string of the molecule is CC(=O)N1CCN(C(=O)Cc2ccc3c(c2)NC(=O)C(C)O3)CC1. The molecular weight excluding hydrogens is 310 g/mol. The molecular formula is C17H21N3O4. The highest BCUT2D eigenvalue weighted by Crippen LogP contribution is 2.30. The third-order valence-electron chi connectivity index (χ3n) is 4.41. The van der Waals surface area contributed by atoms with E-state index in [1.807, 2.05) is 6.07 Å². The van der Waals surface area contributed by atoms with Crippen molar-refractivity contribution in [1.82, 2.24) is 9.80 Å². The van der Waals surface area contributed by atoms with E-state index in [4.69, 9.17) is 4.74 Å². The molecule has 1 atom stereocenters. The molecule has 0 aromatic heterocycles. The van der Waals surface area contributed by atoms with Crippen LogP contribution >= 0.6 is 0 Å². The summed E-state index contributed by atoms with van der Waals surface area (Å²) in [6.45, 7) is 5.50. The number of amides is 3. The molecule has 0 bridgehead atoms. The number of carbonyl (C=O) groups is 3. The van der Waals surface area contributed by atoms with Crippen LogP contribution in [0.3, 0.4) is 0 Å². The Kier molecular flexibility index (Phi) is 4.42. The van der Waals surface area contributed by atoms with Gasteiger partial charge in [0.25, 0.3) is 5.91 Å². The second-order valence-electron chi connectivity index (χ2n) is 6.14. The third kappa shape index (κ3) is 3.34. The minimum Gasteiger partial charge on any atom is -0.479 e. The van der Waals surface area contributed by atoms with Crippen LogP contribution in [0, 0.1) is 0 Å². The maximum Gasteiger partial charge on any atom is 0.265 e. The van der Waals surface area contributed by atoms with Crippen LogP contribution in [-0.2, 0) is 20.8 Å². The highest BCUT2D eigenvalue weighted by Gasteiger charge is 2.25. The first-order chi connectivity index (χ1) is 11.4. The molecule has 1 aromatic carbocycles. The largest absolute Gasteiger partial charge is 0.479 e. The zero-order valence-electron chi connectivity index (χ0n) is 13.9. The van der Waals surface area contributed by atoms with E-state index in [9.17, 15) is 14.4 Å². The smallest absolute Gasteiger partial charge is 0.265 e. The highest BCUT2D eigenvalue weighted by molar-refractivity contribution is 5.97. The molecule has 3 amide bonds. The Balaban J connectivity index is 1.62. The van der Waals surface area contributed by atoms with Crippen molar-refractivity contribution in [3.8, 4) is 5.75 Å². The van der Waals surface area contributed by atoms with Crippen molar-refractivity contribution in [2.75, 3.05) is 31.5 Å². The summed E-state index contributed by atoms with van der Waals surface area (Å²) in [5, 5.41) is 2.79. The van der Waals surface area contributed by atoms with Gasteiger partial charge in [0.2, 0.25) is 11.8 Å². The molecule has 7 nitrogen and oxygen atoms in total. The Morgan fingerprint density at radius 1 is 1.21 bits per heavy atom. The lowest BCUT2D eigenvalue weighted by Crippen LogP contribution is -2.50. The van der Waals surface area contributed by atoms with Gasteiger partial charge in [-0.05, 0) is 24.6 Å². The van der Waals surface area contributed by atoms with Gasteiger partial charge in [0.1, 0.15) is 5.75 Å². The second kappa shape index (κ2) is 6.51. The van der Waals surface area contributed by atoms with E-state index in [2.05, 4.69) is 5.32 Å². The van der Waals surface area contributed by atoms with E-state index in [-0.39, 0.29) is 24.1 Å². The average Bonchev–Trinajstić information content (AvgIpc) is 2.56.